The summed E-state index contributed by atoms with van der Waals surface area (Å²) in [6.45, 7) is 7.01. The summed E-state index contributed by atoms with van der Waals surface area (Å²) < 4.78 is 11.7. The fourth-order valence-corrected chi connectivity index (χ4v) is 3.64. The van der Waals surface area contributed by atoms with E-state index in [1.54, 1.807) is 0 Å². The molecule has 2 aliphatic rings. The number of ether oxygens (including phenoxy) is 2. The van der Waals surface area contributed by atoms with Crippen LogP contribution in [0.5, 0.6) is 0 Å². The van der Waals surface area contributed by atoms with E-state index in [0.717, 1.165) is 12.8 Å². The molecule has 0 radical (unpaired) electrons. The highest BCUT2D eigenvalue weighted by molar-refractivity contribution is 14.1. The van der Waals surface area contributed by atoms with Gasteiger partial charge >= 0.3 is 6.09 Å². The van der Waals surface area contributed by atoms with Gasteiger partial charge in [-0.25, -0.2) is 4.79 Å². The molecule has 2 rings (SSSR count). The molecule has 5 heteroatoms. The number of carbonyl (C=O) groups excluding carboxylic acids is 1. The van der Waals surface area contributed by atoms with Crippen LogP contribution in [0.1, 0.15) is 33.6 Å². The zero-order chi connectivity index (χ0) is 12.6. The van der Waals surface area contributed by atoms with E-state index in [1.165, 1.54) is 0 Å². The zero-order valence-corrected chi connectivity index (χ0v) is 12.8. The van der Waals surface area contributed by atoms with Gasteiger partial charge in [-0.05, 0) is 33.6 Å². The predicted octanol–water partition coefficient (Wildman–Crippen LogP) is 2.59. The van der Waals surface area contributed by atoms with Crippen molar-refractivity contribution in [3.05, 3.63) is 0 Å². The van der Waals surface area contributed by atoms with Gasteiger partial charge in [-0.15, -0.1) is 0 Å². The first-order valence-electron chi connectivity index (χ1n) is 6.10. The van der Waals surface area contributed by atoms with Gasteiger partial charge in [0.25, 0.3) is 0 Å². The third-order valence-corrected chi connectivity index (χ3v) is 4.08. The van der Waals surface area contributed by atoms with Gasteiger partial charge in [0.05, 0.1) is 25.3 Å². The molecule has 0 aromatic heterocycles. The molecule has 0 spiro atoms. The average Bonchev–Trinajstić information content (AvgIpc) is 2.12. The first-order valence-corrected chi connectivity index (χ1v) is 7.34. The van der Waals surface area contributed by atoms with E-state index < -0.39 is 5.60 Å². The third-order valence-electron chi connectivity index (χ3n) is 3.07. The number of halogens is 1. The molecule has 0 saturated carbocycles. The predicted molar refractivity (Wildman–Crippen MR) is 73.5 cm³/mol. The lowest BCUT2D eigenvalue weighted by molar-refractivity contribution is -0.0759. The van der Waals surface area contributed by atoms with Gasteiger partial charge in [-0.2, -0.15) is 0 Å². The van der Waals surface area contributed by atoms with Gasteiger partial charge in [-0.1, -0.05) is 22.6 Å². The van der Waals surface area contributed by atoms with Crippen LogP contribution in [0.2, 0.25) is 0 Å². The molecular formula is C12H20INO3. The van der Waals surface area contributed by atoms with Crippen LogP contribution in [0.25, 0.3) is 0 Å². The zero-order valence-electron chi connectivity index (χ0n) is 10.6. The number of piperidine rings is 1. The highest BCUT2D eigenvalue weighted by Crippen LogP contribution is 2.32. The van der Waals surface area contributed by atoms with Crippen LogP contribution >= 0.6 is 22.6 Å². The van der Waals surface area contributed by atoms with E-state index in [1.807, 2.05) is 25.7 Å². The Morgan fingerprint density at radius 3 is 2.29 bits per heavy atom. The Kier molecular flexibility index (Phi) is 3.87. The molecule has 2 fully saturated rings. The first kappa shape index (κ1) is 13.4. The largest absolute Gasteiger partial charge is 0.444 e. The molecular weight excluding hydrogens is 333 g/mol. The minimum Gasteiger partial charge on any atom is -0.444 e. The van der Waals surface area contributed by atoms with Crippen LogP contribution < -0.4 is 0 Å². The Labute approximate surface area is 116 Å². The summed E-state index contributed by atoms with van der Waals surface area (Å²) in [5.74, 6) is 0. The summed E-state index contributed by atoms with van der Waals surface area (Å²) in [4.78, 5) is 14.1. The number of morpholine rings is 1. The second-order valence-corrected chi connectivity index (χ2v) is 7.56. The van der Waals surface area contributed by atoms with Crippen molar-refractivity contribution in [2.24, 2.45) is 0 Å². The topological polar surface area (TPSA) is 38.8 Å². The van der Waals surface area contributed by atoms with Gasteiger partial charge < -0.3 is 9.47 Å². The molecule has 2 bridgehead atoms. The Morgan fingerprint density at radius 2 is 1.82 bits per heavy atom. The second kappa shape index (κ2) is 4.91. The Morgan fingerprint density at radius 1 is 1.29 bits per heavy atom. The standard InChI is InChI=1S/C12H20INO3/c1-12(2,3)17-11(15)14-9-4-8(13)5-10(14)7-16-6-9/h8-10H,4-7H2,1-3H3. The van der Waals surface area contributed by atoms with Crippen LogP contribution in [0, 0.1) is 0 Å². The average molecular weight is 353 g/mol. The van der Waals surface area contributed by atoms with Gasteiger partial charge in [0.2, 0.25) is 0 Å². The van der Waals surface area contributed by atoms with Crippen molar-refractivity contribution in [3.8, 4) is 0 Å². The Bertz CT molecular complexity index is 289. The van der Waals surface area contributed by atoms with Gasteiger partial charge in [0.1, 0.15) is 5.60 Å². The normalized spacial score (nSPS) is 33.4. The van der Waals surface area contributed by atoms with Crippen molar-refractivity contribution in [3.63, 3.8) is 0 Å². The second-order valence-electron chi connectivity index (χ2n) is 5.80. The molecule has 0 aromatic rings. The van der Waals surface area contributed by atoms with E-state index in [9.17, 15) is 4.79 Å². The number of fused-ring (bicyclic) bond motifs is 2. The van der Waals surface area contributed by atoms with Crippen LogP contribution in [0.4, 0.5) is 4.79 Å². The van der Waals surface area contributed by atoms with Gasteiger partial charge in [0.15, 0.2) is 0 Å². The molecule has 2 aliphatic heterocycles. The maximum absolute atomic E-state index is 12.2. The highest BCUT2D eigenvalue weighted by Gasteiger charge is 2.42. The highest BCUT2D eigenvalue weighted by atomic mass is 127. The van der Waals surface area contributed by atoms with Crippen LogP contribution in [0.15, 0.2) is 0 Å². The Balaban J connectivity index is 2.07. The lowest BCUT2D eigenvalue weighted by Gasteiger charge is -2.47. The van der Waals surface area contributed by atoms with E-state index >= 15 is 0 Å². The SMILES string of the molecule is CC(C)(C)OC(=O)N1C2COCC1CC(I)C2. The molecule has 4 nitrogen and oxygen atoms in total. The molecule has 98 valence electrons. The number of nitrogens with zero attached hydrogens (tertiary/aromatic N) is 1. The van der Waals surface area contributed by atoms with Crippen LogP contribution in [0.3, 0.4) is 0 Å². The molecule has 1 amide bonds. The fraction of sp³-hybridized carbons (Fsp3) is 0.917. The minimum atomic E-state index is -0.423. The molecule has 2 atom stereocenters. The van der Waals surface area contributed by atoms with E-state index in [0.29, 0.717) is 17.1 Å². The summed E-state index contributed by atoms with van der Waals surface area (Å²) in [6, 6.07) is 0.387. The van der Waals surface area contributed by atoms with E-state index in [4.69, 9.17) is 9.47 Å². The number of hydrogen-bond acceptors (Lipinski definition) is 3. The molecule has 2 unspecified atom stereocenters. The summed E-state index contributed by atoms with van der Waals surface area (Å²) in [7, 11) is 0. The van der Waals surface area contributed by atoms with E-state index in [-0.39, 0.29) is 18.2 Å². The summed E-state index contributed by atoms with van der Waals surface area (Å²) in [5.41, 5.74) is -0.423. The van der Waals surface area contributed by atoms with Crippen LogP contribution in [-0.4, -0.2) is 45.8 Å². The van der Waals surface area contributed by atoms with Gasteiger partial charge in [-0.3, -0.25) is 4.90 Å². The quantitative estimate of drug-likeness (QED) is 0.496. The van der Waals surface area contributed by atoms with Gasteiger partial charge in [0, 0.05) is 3.92 Å². The van der Waals surface area contributed by atoms with Crippen molar-refractivity contribution in [2.45, 2.75) is 55.2 Å². The fourth-order valence-electron chi connectivity index (χ4n) is 2.46. The van der Waals surface area contributed by atoms with Crippen molar-refractivity contribution in [2.75, 3.05) is 13.2 Å². The lowest BCUT2D eigenvalue weighted by atomic mass is 9.95. The smallest absolute Gasteiger partial charge is 0.410 e. The maximum Gasteiger partial charge on any atom is 0.410 e. The Hall–Kier alpha value is -0.0400. The number of hydrogen-bond donors (Lipinski definition) is 0. The summed E-state index contributed by atoms with van der Waals surface area (Å²) in [6.07, 6.45) is 1.84. The summed E-state index contributed by atoms with van der Waals surface area (Å²) in [5, 5.41) is 0. The maximum atomic E-state index is 12.2. The lowest BCUT2D eigenvalue weighted by Crippen LogP contribution is -2.60. The number of carbonyl (C=O) groups is 1. The van der Waals surface area contributed by atoms with Crippen molar-refractivity contribution in [1.82, 2.24) is 4.90 Å². The molecule has 0 N–H and O–H groups in total. The van der Waals surface area contributed by atoms with Crippen molar-refractivity contribution >= 4 is 28.7 Å². The molecule has 0 aromatic carbocycles. The molecule has 17 heavy (non-hydrogen) atoms. The van der Waals surface area contributed by atoms with Crippen molar-refractivity contribution < 1.29 is 14.3 Å². The first-order chi connectivity index (χ1) is 7.87. The molecule has 2 heterocycles. The minimum absolute atomic E-state index is 0.181. The monoisotopic (exact) mass is 353 g/mol. The summed E-state index contributed by atoms with van der Waals surface area (Å²) >= 11 is 2.47. The van der Waals surface area contributed by atoms with E-state index in [2.05, 4.69) is 22.6 Å². The number of amides is 1. The molecule has 0 aliphatic carbocycles. The van der Waals surface area contributed by atoms with Crippen LogP contribution in [-0.2, 0) is 9.47 Å². The number of alkyl halides is 1. The number of rotatable bonds is 0. The van der Waals surface area contributed by atoms with Crippen molar-refractivity contribution in [1.29, 1.82) is 0 Å². The molecule has 2 saturated heterocycles. The third kappa shape index (κ3) is 3.24.